The summed E-state index contributed by atoms with van der Waals surface area (Å²) in [5.41, 5.74) is -6.80. The molecule has 1 aromatic carbocycles. The maximum Gasteiger partial charge on any atom is 0.433 e. The van der Waals surface area contributed by atoms with Gasteiger partial charge in [-0.3, -0.25) is 9.59 Å². The largest absolute Gasteiger partial charge is 0.433 e. The third-order valence-electron chi connectivity index (χ3n) is 6.20. The van der Waals surface area contributed by atoms with Crippen LogP contribution in [-0.4, -0.2) is 33.9 Å². The lowest BCUT2D eigenvalue weighted by Crippen LogP contribution is -2.41. The molecule has 1 saturated heterocycles. The van der Waals surface area contributed by atoms with Crippen molar-refractivity contribution >= 4 is 23.3 Å². The highest BCUT2D eigenvalue weighted by Gasteiger charge is 2.39. The topological polar surface area (TPSA) is 91.0 Å². The number of alkyl halides is 6. The molecule has 1 fully saturated rings. The van der Waals surface area contributed by atoms with Crippen LogP contribution in [0.1, 0.15) is 29.7 Å². The Kier molecular flexibility index (Phi) is 8.06. The first-order valence-corrected chi connectivity index (χ1v) is 11.9. The highest BCUT2D eigenvalue weighted by Crippen LogP contribution is 2.39. The number of pyridine rings is 1. The summed E-state index contributed by atoms with van der Waals surface area (Å²) < 4.78 is 110. The van der Waals surface area contributed by atoms with E-state index in [9.17, 15) is 40.3 Å². The van der Waals surface area contributed by atoms with E-state index < -0.39 is 76.1 Å². The fourth-order valence-corrected chi connectivity index (χ4v) is 4.41. The number of nitrogens with one attached hydrogen (secondary N) is 2. The van der Waals surface area contributed by atoms with Crippen LogP contribution in [0.5, 0.6) is 0 Å². The molecule has 16 heteroatoms. The lowest BCUT2D eigenvalue weighted by atomic mass is 9.95. The molecule has 1 aliphatic rings. The van der Waals surface area contributed by atoms with Crippen molar-refractivity contribution in [1.82, 2.24) is 20.3 Å². The number of anilines is 1. The number of hydrogen-bond donors (Lipinski definition) is 2. The Labute approximate surface area is 225 Å². The van der Waals surface area contributed by atoms with E-state index in [0.717, 1.165) is 12.1 Å². The Morgan fingerprint density at radius 1 is 1.07 bits per heavy atom. The van der Waals surface area contributed by atoms with Gasteiger partial charge in [0.1, 0.15) is 11.6 Å². The van der Waals surface area contributed by atoms with Crippen molar-refractivity contribution in [2.24, 2.45) is 5.92 Å². The summed E-state index contributed by atoms with van der Waals surface area (Å²) in [6, 6.07) is 2.28. The molecule has 40 heavy (non-hydrogen) atoms. The van der Waals surface area contributed by atoms with Crippen LogP contribution >= 0.6 is 11.6 Å². The van der Waals surface area contributed by atoms with Gasteiger partial charge in [0.25, 0.3) is 5.56 Å². The first-order chi connectivity index (χ1) is 18.6. The first kappa shape index (κ1) is 29.2. The fourth-order valence-electron chi connectivity index (χ4n) is 4.26. The second kappa shape index (κ2) is 11.0. The van der Waals surface area contributed by atoms with Crippen molar-refractivity contribution in [2.45, 2.75) is 31.7 Å². The van der Waals surface area contributed by atoms with E-state index in [1.165, 1.54) is 6.20 Å². The van der Waals surface area contributed by atoms with Gasteiger partial charge in [0.05, 0.1) is 16.1 Å². The zero-order chi connectivity index (χ0) is 29.4. The number of amides is 1. The van der Waals surface area contributed by atoms with Crippen LogP contribution in [0, 0.1) is 17.6 Å². The molecule has 1 aliphatic heterocycles. The average molecular weight is 596 g/mol. The predicted molar refractivity (Wildman–Crippen MR) is 126 cm³/mol. The lowest BCUT2D eigenvalue weighted by molar-refractivity contribution is -0.141. The van der Waals surface area contributed by atoms with E-state index in [2.05, 4.69) is 15.3 Å². The molecule has 0 unspecified atom stereocenters. The van der Waals surface area contributed by atoms with Crippen LogP contribution in [0.15, 0.2) is 35.3 Å². The van der Waals surface area contributed by atoms with Crippen LogP contribution < -0.4 is 15.8 Å². The maximum absolute atomic E-state index is 15.4. The number of nitrogens with zero attached hydrogens (tertiary/aromatic N) is 3. The van der Waals surface area contributed by atoms with Gasteiger partial charge < -0.3 is 15.2 Å². The van der Waals surface area contributed by atoms with Crippen molar-refractivity contribution in [2.75, 3.05) is 18.0 Å². The second-order valence-electron chi connectivity index (χ2n) is 8.87. The normalized spacial score (nSPS) is 14.9. The third-order valence-corrected chi connectivity index (χ3v) is 6.41. The minimum atomic E-state index is -5.21. The van der Waals surface area contributed by atoms with Gasteiger partial charge in [-0.1, -0.05) is 17.7 Å². The molecule has 1 amide bonds. The van der Waals surface area contributed by atoms with Crippen molar-refractivity contribution < 1.29 is 39.9 Å². The third kappa shape index (κ3) is 6.35. The van der Waals surface area contributed by atoms with Gasteiger partial charge >= 0.3 is 12.4 Å². The van der Waals surface area contributed by atoms with Crippen LogP contribution in [0.4, 0.5) is 40.9 Å². The van der Waals surface area contributed by atoms with Gasteiger partial charge in [-0.25, -0.2) is 18.7 Å². The Hall–Kier alpha value is -3.75. The highest BCUT2D eigenvalue weighted by atomic mass is 35.5. The maximum atomic E-state index is 15.4. The van der Waals surface area contributed by atoms with Crippen molar-refractivity contribution in [3.63, 3.8) is 0 Å². The molecule has 2 N–H and O–H groups in total. The molecule has 3 aromatic rings. The van der Waals surface area contributed by atoms with Gasteiger partial charge in [-0.2, -0.15) is 26.3 Å². The smallest absolute Gasteiger partial charge is 0.354 e. The van der Waals surface area contributed by atoms with E-state index in [-0.39, 0.29) is 42.8 Å². The van der Waals surface area contributed by atoms with Crippen LogP contribution in [0.25, 0.3) is 11.4 Å². The van der Waals surface area contributed by atoms with Crippen molar-refractivity contribution in [3.05, 3.63) is 74.3 Å². The number of halogens is 9. The standard InChI is InChI=1S/C24H18ClF8N5O2/c25-13-7-15(26)21(34-10-13)38-5-3-11(4-6-38)22(40)35-9-12-1-2-14(23(28,29)30)18(19(12)27)20-36-16(24(31,32)33)8-17(39)37-20/h1-2,7-8,10-11H,3-6,9H2,(H,35,40)(H,36,37,39). The molecule has 0 radical (unpaired) electrons. The number of rotatable bonds is 5. The number of carbonyl (C=O) groups is 1. The molecule has 2 aromatic heterocycles. The molecule has 3 heterocycles. The summed E-state index contributed by atoms with van der Waals surface area (Å²) in [6.07, 6.45) is -8.61. The Balaban J connectivity index is 1.53. The average Bonchev–Trinajstić information content (AvgIpc) is 2.86. The summed E-state index contributed by atoms with van der Waals surface area (Å²) in [5.74, 6) is -4.62. The number of benzene rings is 1. The molecule has 0 aliphatic carbocycles. The van der Waals surface area contributed by atoms with Crippen LogP contribution in [0.3, 0.4) is 0 Å². The Morgan fingerprint density at radius 3 is 2.35 bits per heavy atom. The Bertz CT molecular complexity index is 1480. The quantitative estimate of drug-likeness (QED) is 0.389. The minimum absolute atomic E-state index is 0.0292. The van der Waals surface area contributed by atoms with Gasteiger partial charge in [-0.05, 0) is 25.0 Å². The molecule has 0 atom stereocenters. The molecule has 0 bridgehead atoms. The predicted octanol–water partition coefficient (Wildman–Crippen LogP) is 5.33. The summed E-state index contributed by atoms with van der Waals surface area (Å²) in [4.78, 5) is 34.7. The fraction of sp³-hybridized carbons (Fsp3) is 0.333. The van der Waals surface area contributed by atoms with Gasteiger partial charge in [0.2, 0.25) is 5.91 Å². The number of H-pyrrole nitrogens is 1. The van der Waals surface area contributed by atoms with E-state index >= 15 is 4.39 Å². The molecule has 7 nitrogen and oxygen atoms in total. The summed E-state index contributed by atoms with van der Waals surface area (Å²) in [6.45, 7) is -0.111. The Morgan fingerprint density at radius 2 is 1.75 bits per heavy atom. The van der Waals surface area contributed by atoms with Crippen molar-refractivity contribution in [3.8, 4) is 11.4 Å². The molecule has 4 rings (SSSR count). The lowest BCUT2D eigenvalue weighted by Gasteiger charge is -2.32. The first-order valence-electron chi connectivity index (χ1n) is 11.6. The van der Waals surface area contributed by atoms with Gasteiger partial charge in [0, 0.05) is 43.4 Å². The number of aromatic nitrogens is 3. The molecule has 214 valence electrons. The summed E-state index contributed by atoms with van der Waals surface area (Å²) >= 11 is 5.70. The number of carbonyl (C=O) groups excluding carboxylic acids is 1. The SMILES string of the molecule is O=C(NCc1ccc(C(F)(F)F)c(-c2nc(C(F)(F)F)cc(=O)[nH]2)c1F)C1CCN(c2ncc(Cl)cc2F)CC1. The zero-order valence-corrected chi connectivity index (χ0v) is 20.8. The van der Waals surface area contributed by atoms with Gasteiger partial charge in [-0.15, -0.1) is 0 Å². The molecular formula is C24H18ClF8N5O2. The van der Waals surface area contributed by atoms with Crippen molar-refractivity contribution in [1.29, 1.82) is 0 Å². The summed E-state index contributed by atoms with van der Waals surface area (Å²) in [7, 11) is 0. The zero-order valence-electron chi connectivity index (χ0n) is 20.1. The van der Waals surface area contributed by atoms with E-state index in [0.29, 0.717) is 6.07 Å². The van der Waals surface area contributed by atoms with E-state index in [1.807, 2.05) is 0 Å². The number of hydrogen-bond acceptors (Lipinski definition) is 5. The second-order valence-corrected chi connectivity index (χ2v) is 9.31. The van der Waals surface area contributed by atoms with E-state index in [4.69, 9.17) is 11.6 Å². The monoisotopic (exact) mass is 595 g/mol. The van der Waals surface area contributed by atoms with Crippen LogP contribution in [-0.2, 0) is 23.7 Å². The van der Waals surface area contributed by atoms with E-state index in [1.54, 1.807) is 9.88 Å². The minimum Gasteiger partial charge on any atom is -0.354 e. The number of piperidine rings is 1. The summed E-state index contributed by atoms with van der Waals surface area (Å²) in [5, 5.41) is 2.52. The highest BCUT2D eigenvalue weighted by molar-refractivity contribution is 6.30. The molecule has 0 saturated carbocycles. The van der Waals surface area contributed by atoms with Crippen LogP contribution in [0.2, 0.25) is 5.02 Å². The molecule has 0 spiro atoms. The van der Waals surface area contributed by atoms with Gasteiger partial charge in [0.15, 0.2) is 17.3 Å². The molecular weight excluding hydrogens is 578 g/mol. The number of aromatic amines is 1.